The molecular weight excluding hydrogens is 250 g/mol. The van der Waals surface area contributed by atoms with Gasteiger partial charge in [-0.05, 0) is 46.8 Å². The summed E-state index contributed by atoms with van der Waals surface area (Å²) < 4.78 is 0. The lowest BCUT2D eigenvalue weighted by Gasteiger charge is -2.32. The summed E-state index contributed by atoms with van der Waals surface area (Å²) in [5.41, 5.74) is -0.808. The van der Waals surface area contributed by atoms with E-state index < -0.39 is 5.41 Å². The van der Waals surface area contributed by atoms with Crippen LogP contribution in [0.25, 0.3) is 0 Å². The van der Waals surface area contributed by atoms with Crippen molar-refractivity contribution in [3.63, 3.8) is 0 Å². The van der Waals surface area contributed by atoms with E-state index in [9.17, 15) is 10.1 Å². The van der Waals surface area contributed by atoms with E-state index in [-0.39, 0.29) is 5.91 Å². The molecule has 0 heterocycles. The molecule has 116 valence electrons. The molecule has 0 atom stereocenters. The van der Waals surface area contributed by atoms with Crippen molar-refractivity contribution in [1.29, 1.82) is 5.26 Å². The Morgan fingerprint density at radius 3 is 2.00 bits per heavy atom. The quantitative estimate of drug-likeness (QED) is 0.618. The lowest BCUT2D eigenvalue weighted by molar-refractivity contribution is -0.139. The molecule has 0 saturated heterocycles. The van der Waals surface area contributed by atoms with E-state index in [4.69, 9.17) is 0 Å². The SMILES string of the molecule is CCCC(C#N)(CCC)C(=O)N(CC)CCCN(C)C. The minimum Gasteiger partial charge on any atom is -0.342 e. The Kier molecular flexibility index (Phi) is 9.24. The normalized spacial score (nSPS) is 11.4. The second kappa shape index (κ2) is 9.77. The summed E-state index contributed by atoms with van der Waals surface area (Å²) in [7, 11) is 4.07. The number of carbonyl (C=O) groups is 1. The number of amides is 1. The fourth-order valence-corrected chi connectivity index (χ4v) is 2.64. The van der Waals surface area contributed by atoms with Gasteiger partial charge in [0.2, 0.25) is 5.91 Å². The molecule has 0 aliphatic carbocycles. The summed E-state index contributed by atoms with van der Waals surface area (Å²) in [6.07, 6.45) is 4.02. The van der Waals surface area contributed by atoms with E-state index in [1.165, 1.54) is 0 Å². The van der Waals surface area contributed by atoms with Crippen LogP contribution in [-0.2, 0) is 4.79 Å². The summed E-state index contributed by atoms with van der Waals surface area (Å²) >= 11 is 0. The van der Waals surface area contributed by atoms with Gasteiger partial charge in [0.05, 0.1) is 6.07 Å². The first kappa shape index (κ1) is 18.9. The number of hydrogen-bond acceptors (Lipinski definition) is 3. The van der Waals surface area contributed by atoms with E-state index in [1.807, 2.05) is 39.8 Å². The van der Waals surface area contributed by atoms with Crippen molar-refractivity contribution in [1.82, 2.24) is 9.80 Å². The van der Waals surface area contributed by atoms with Crippen molar-refractivity contribution >= 4 is 5.91 Å². The molecule has 20 heavy (non-hydrogen) atoms. The molecule has 0 aliphatic rings. The van der Waals surface area contributed by atoms with Gasteiger partial charge in [0.1, 0.15) is 5.41 Å². The molecule has 0 aromatic carbocycles. The van der Waals surface area contributed by atoms with Crippen LogP contribution in [0.2, 0.25) is 0 Å². The number of nitrogens with zero attached hydrogens (tertiary/aromatic N) is 3. The summed E-state index contributed by atoms with van der Waals surface area (Å²) in [6.45, 7) is 8.46. The van der Waals surface area contributed by atoms with E-state index in [0.29, 0.717) is 19.4 Å². The Morgan fingerprint density at radius 2 is 1.65 bits per heavy atom. The van der Waals surface area contributed by atoms with Gasteiger partial charge in [-0.25, -0.2) is 0 Å². The molecule has 1 amide bonds. The van der Waals surface area contributed by atoms with Gasteiger partial charge in [0, 0.05) is 13.1 Å². The Bertz CT molecular complexity index is 314. The van der Waals surface area contributed by atoms with Gasteiger partial charge in [0.15, 0.2) is 0 Å². The summed E-state index contributed by atoms with van der Waals surface area (Å²) in [4.78, 5) is 16.8. The maximum Gasteiger partial charge on any atom is 0.243 e. The molecule has 4 heteroatoms. The maximum atomic E-state index is 12.8. The highest BCUT2D eigenvalue weighted by atomic mass is 16.2. The van der Waals surface area contributed by atoms with Gasteiger partial charge in [-0.2, -0.15) is 5.26 Å². The van der Waals surface area contributed by atoms with E-state index in [1.54, 1.807) is 0 Å². The molecule has 0 rings (SSSR count). The third-order valence-electron chi connectivity index (χ3n) is 3.68. The molecule has 0 N–H and O–H groups in total. The molecule has 0 radical (unpaired) electrons. The highest BCUT2D eigenvalue weighted by Gasteiger charge is 2.39. The van der Waals surface area contributed by atoms with Crippen molar-refractivity contribution in [3.05, 3.63) is 0 Å². The first-order chi connectivity index (χ1) is 9.47. The lowest BCUT2D eigenvalue weighted by atomic mass is 9.79. The number of rotatable bonds is 10. The van der Waals surface area contributed by atoms with E-state index in [2.05, 4.69) is 11.0 Å². The van der Waals surface area contributed by atoms with Crippen LogP contribution in [0, 0.1) is 16.7 Å². The zero-order chi connectivity index (χ0) is 15.6. The first-order valence-corrected chi connectivity index (χ1v) is 7.82. The van der Waals surface area contributed by atoms with Crippen molar-refractivity contribution in [2.24, 2.45) is 5.41 Å². The van der Waals surface area contributed by atoms with Crippen molar-refractivity contribution < 1.29 is 4.79 Å². The third-order valence-corrected chi connectivity index (χ3v) is 3.68. The zero-order valence-electron chi connectivity index (χ0n) is 13.9. The monoisotopic (exact) mass is 281 g/mol. The van der Waals surface area contributed by atoms with Crippen LogP contribution in [0.3, 0.4) is 0 Å². The zero-order valence-corrected chi connectivity index (χ0v) is 13.9. The van der Waals surface area contributed by atoms with Crippen LogP contribution in [0.4, 0.5) is 0 Å². The molecule has 0 saturated carbocycles. The Hall–Kier alpha value is -1.08. The summed E-state index contributed by atoms with van der Waals surface area (Å²) in [5.74, 6) is 0.0324. The second-order valence-electron chi connectivity index (χ2n) is 5.74. The fraction of sp³-hybridized carbons (Fsp3) is 0.875. The molecule has 0 aliphatic heterocycles. The predicted octanol–water partition coefficient (Wildman–Crippen LogP) is 2.90. The average Bonchev–Trinajstić information content (AvgIpc) is 2.42. The van der Waals surface area contributed by atoms with Gasteiger partial charge < -0.3 is 9.80 Å². The Balaban J connectivity index is 4.86. The molecule has 0 unspecified atom stereocenters. The molecule has 0 bridgehead atoms. The standard InChI is InChI=1S/C16H31N3O/c1-6-10-16(14-17,11-7-2)15(20)19(8-3)13-9-12-18(4)5/h6-13H2,1-5H3. The van der Waals surface area contributed by atoms with Crippen LogP contribution in [0.15, 0.2) is 0 Å². The van der Waals surface area contributed by atoms with Gasteiger partial charge in [0.25, 0.3) is 0 Å². The first-order valence-electron chi connectivity index (χ1n) is 7.82. The molecule has 0 fully saturated rings. The topological polar surface area (TPSA) is 47.3 Å². The maximum absolute atomic E-state index is 12.8. The van der Waals surface area contributed by atoms with Crippen molar-refractivity contribution in [2.45, 2.75) is 52.9 Å². The van der Waals surface area contributed by atoms with Crippen molar-refractivity contribution in [3.8, 4) is 6.07 Å². The van der Waals surface area contributed by atoms with Gasteiger partial charge in [-0.3, -0.25) is 4.79 Å². The van der Waals surface area contributed by atoms with Crippen LogP contribution < -0.4 is 0 Å². The van der Waals surface area contributed by atoms with Crippen LogP contribution in [-0.4, -0.2) is 49.4 Å². The van der Waals surface area contributed by atoms with E-state index >= 15 is 0 Å². The van der Waals surface area contributed by atoms with Gasteiger partial charge >= 0.3 is 0 Å². The van der Waals surface area contributed by atoms with Gasteiger partial charge in [-0.1, -0.05) is 26.7 Å². The summed E-state index contributed by atoms with van der Waals surface area (Å²) in [6, 6.07) is 2.33. The minimum atomic E-state index is -0.808. The second-order valence-corrected chi connectivity index (χ2v) is 5.74. The average molecular weight is 281 g/mol. The molecule has 0 spiro atoms. The third kappa shape index (κ3) is 5.50. The number of nitriles is 1. The highest BCUT2D eigenvalue weighted by molar-refractivity contribution is 5.85. The van der Waals surface area contributed by atoms with Crippen LogP contribution in [0.1, 0.15) is 52.9 Å². The highest BCUT2D eigenvalue weighted by Crippen LogP contribution is 2.31. The number of carbonyl (C=O) groups excluding carboxylic acids is 1. The lowest BCUT2D eigenvalue weighted by Crippen LogP contribution is -2.44. The minimum absolute atomic E-state index is 0.0324. The van der Waals surface area contributed by atoms with Gasteiger partial charge in [-0.15, -0.1) is 0 Å². The van der Waals surface area contributed by atoms with Crippen LogP contribution >= 0.6 is 0 Å². The number of hydrogen-bond donors (Lipinski definition) is 0. The summed E-state index contributed by atoms with van der Waals surface area (Å²) in [5, 5.41) is 9.56. The van der Waals surface area contributed by atoms with Crippen LogP contribution in [0.5, 0.6) is 0 Å². The fourth-order valence-electron chi connectivity index (χ4n) is 2.64. The Labute approximate surface area is 124 Å². The molecule has 0 aromatic rings. The predicted molar refractivity (Wildman–Crippen MR) is 83.3 cm³/mol. The molecule has 0 aromatic heterocycles. The van der Waals surface area contributed by atoms with Crippen molar-refractivity contribution in [2.75, 3.05) is 33.7 Å². The Morgan fingerprint density at radius 1 is 1.10 bits per heavy atom. The molecule has 4 nitrogen and oxygen atoms in total. The molecular formula is C16H31N3O. The largest absolute Gasteiger partial charge is 0.342 e. The smallest absolute Gasteiger partial charge is 0.243 e. The van der Waals surface area contributed by atoms with E-state index in [0.717, 1.165) is 32.4 Å².